The predicted octanol–water partition coefficient (Wildman–Crippen LogP) is 3.60. The molecule has 9 heteroatoms. The summed E-state index contributed by atoms with van der Waals surface area (Å²) in [5.74, 6) is 0.0804. The number of aromatic nitrogens is 4. The van der Waals surface area contributed by atoms with Crippen molar-refractivity contribution < 1.29 is 9.59 Å². The summed E-state index contributed by atoms with van der Waals surface area (Å²) in [6.45, 7) is 2.74. The van der Waals surface area contributed by atoms with Crippen molar-refractivity contribution >= 4 is 28.8 Å². The first-order valence-electron chi connectivity index (χ1n) is 12.7. The van der Waals surface area contributed by atoms with Crippen molar-refractivity contribution in [2.45, 2.75) is 26.4 Å². The van der Waals surface area contributed by atoms with Gasteiger partial charge < -0.3 is 9.88 Å². The first kappa shape index (κ1) is 24.3. The van der Waals surface area contributed by atoms with Crippen LogP contribution in [-0.2, 0) is 24.3 Å². The van der Waals surface area contributed by atoms with E-state index in [1.165, 1.54) is 17.7 Å². The Morgan fingerprint density at radius 1 is 0.923 bits per heavy atom. The van der Waals surface area contributed by atoms with Gasteiger partial charge in [0, 0.05) is 30.7 Å². The highest BCUT2D eigenvalue weighted by atomic mass is 16.2. The highest BCUT2D eigenvalue weighted by Gasteiger charge is 2.17. The Bertz CT molecular complexity index is 1800. The highest BCUT2D eigenvalue weighted by molar-refractivity contribution is 6.04. The monoisotopic (exact) mass is 518 g/mol. The van der Waals surface area contributed by atoms with Crippen LogP contribution in [0.3, 0.4) is 0 Å². The zero-order chi connectivity index (χ0) is 26.9. The van der Waals surface area contributed by atoms with Crippen molar-refractivity contribution in [1.29, 1.82) is 0 Å². The molecular weight excluding hydrogens is 492 g/mol. The maximum atomic E-state index is 13.4. The van der Waals surface area contributed by atoms with E-state index in [2.05, 4.69) is 15.7 Å². The number of fused-ring (bicyclic) bond motifs is 10. The Morgan fingerprint density at radius 2 is 1.69 bits per heavy atom. The fraction of sp³-hybridized carbons (Fsp3) is 0.167. The number of benzene rings is 3. The van der Waals surface area contributed by atoms with Crippen LogP contribution in [0.5, 0.6) is 0 Å². The number of nitrogens with one attached hydrogen (secondary N) is 2. The van der Waals surface area contributed by atoms with E-state index < -0.39 is 0 Å². The number of hydrogen-bond acceptors (Lipinski definition) is 5. The zero-order valence-corrected chi connectivity index (χ0v) is 21.3. The lowest BCUT2D eigenvalue weighted by atomic mass is 10.1. The lowest BCUT2D eigenvalue weighted by Gasteiger charge is -2.12. The van der Waals surface area contributed by atoms with Gasteiger partial charge in [-0.15, -0.1) is 0 Å². The normalized spacial score (nSPS) is 12.7. The third kappa shape index (κ3) is 5.06. The number of carbonyl (C=O) groups is 2. The summed E-state index contributed by atoms with van der Waals surface area (Å²) < 4.78 is 3.41. The summed E-state index contributed by atoms with van der Waals surface area (Å²) in [6.07, 6.45) is 0.675. The number of carbonyl (C=O) groups excluding carboxylic acids is 2. The van der Waals surface area contributed by atoms with E-state index in [-0.39, 0.29) is 23.9 Å². The number of amides is 2. The molecule has 0 aliphatic carbocycles. The molecule has 0 radical (unpaired) electrons. The summed E-state index contributed by atoms with van der Waals surface area (Å²) in [5.41, 5.74) is 6.28. The molecule has 2 aromatic heterocycles. The van der Waals surface area contributed by atoms with Gasteiger partial charge in [-0.2, -0.15) is 5.10 Å². The van der Waals surface area contributed by atoms with Gasteiger partial charge in [0.15, 0.2) is 0 Å². The zero-order valence-electron chi connectivity index (χ0n) is 21.3. The van der Waals surface area contributed by atoms with E-state index in [0.717, 1.165) is 33.3 Å². The Balaban J connectivity index is 1.47. The highest BCUT2D eigenvalue weighted by Crippen LogP contribution is 2.25. The average molecular weight is 519 g/mol. The Kier molecular flexibility index (Phi) is 6.24. The van der Waals surface area contributed by atoms with E-state index in [0.29, 0.717) is 36.7 Å². The SMILES string of the molecule is CC(=O)NCCc1ccc2c(c1)nc1n2Cc2cccc(c2)-c2ccc(=O)n(n2)Cc2cccc(c2)C(=O)N1. The topological polar surface area (TPSA) is 111 Å². The van der Waals surface area contributed by atoms with E-state index in [1.54, 1.807) is 24.3 Å². The second-order valence-corrected chi connectivity index (χ2v) is 9.65. The van der Waals surface area contributed by atoms with Crippen LogP contribution in [0, 0.1) is 0 Å². The summed E-state index contributed by atoms with van der Waals surface area (Å²) in [7, 11) is 0. The van der Waals surface area contributed by atoms with Crippen molar-refractivity contribution in [3.05, 3.63) is 111 Å². The molecule has 0 unspecified atom stereocenters. The van der Waals surface area contributed by atoms with Gasteiger partial charge in [0.2, 0.25) is 11.9 Å². The molecule has 5 aromatic rings. The molecule has 39 heavy (non-hydrogen) atoms. The maximum Gasteiger partial charge on any atom is 0.267 e. The predicted molar refractivity (Wildman–Crippen MR) is 149 cm³/mol. The Hall–Kier alpha value is -5.05. The van der Waals surface area contributed by atoms with Gasteiger partial charge in [-0.05, 0) is 59.5 Å². The van der Waals surface area contributed by atoms with Crippen LogP contribution >= 0.6 is 0 Å². The van der Waals surface area contributed by atoms with Gasteiger partial charge in [-0.3, -0.25) is 19.7 Å². The molecule has 0 saturated carbocycles. The number of nitrogens with zero attached hydrogens (tertiary/aromatic N) is 4. The molecule has 2 amide bonds. The molecular formula is C30H26N6O3. The van der Waals surface area contributed by atoms with Gasteiger partial charge in [0.1, 0.15) is 0 Å². The van der Waals surface area contributed by atoms with E-state index in [4.69, 9.17) is 4.98 Å². The summed E-state index contributed by atoms with van der Waals surface area (Å²) in [5, 5.41) is 10.4. The first-order valence-corrected chi connectivity index (χ1v) is 12.7. The van der Waals surface area contributed by atoms with Gasteiger partial charge in [0.25, 0.3) is 11.5 Å². The van der Waals surface area contributed by atoms with Crippen LogP contribution in [0.15, 0.2) is 83.7 Å². The number of hydrogen-bond donors (Lipinski definition) is 2. The molecule has 0 fully saturated rings. The molecule has 1 aliphatic heterocycles. The quantitative estimate of drug-likeness (QED) is 0.379. The molecule has 6 bridgehead atoms. The number of anilines is 1. The third-order valence-corrected chi connectivity index (χ3v) is 6.78. The molecule has 0 saturated heterocycles. The minimum absolute atomic E-state index is 0.0645. The van der Waals surface area contributed by atoms with Crippen LogP contribution in [-0.4, -0.2) is 37.7 Å². The van der Waals surface area contributed by atoms with E-state index in [9.17, 15) is 14.4 Å². The van der Waals surface area contributed by atoms with Crippen molar-refractivity contribution in [3.8, 4) is 11.3 Å². The van der Waals surface area contributed by atoms with Crippen LogP contribution in [0.4, 0.5) is 5.95 Å². The van der Waals surface area contributed by atoms with Gasteiger partial charge in [0.05, 0.1) is 29.8 Å². The first-order chi connectivity index (χ1) is 18.9. The van der Waals surface area contributed by atoms with E-state index >= 15 is 0 Å². The average Bonchev–Trinajstić information content (AvgIpc) is 3.25. The fourth-order valence-corrected chi connectivity index (χ4v) is 4.85. The molecule has 3 aromatic carbocycles. The van der Waals surface area contributed by atoms with Crippen LogP contribution in [0.2, 0.25) is 0 Å². The van der Waals surface area contributed by atoms with Crippen molar-refractivity contribution in [1.82, 2.24) is 24.6 Å². The molecule has 9 nitrogen and oxygen atoms in total. The molecule has 6 rings (SSSR count). The minimum Gasteiger partial charge on any atom is -0.356 e. The minimum atomic E-state index is -0.294. The lowest BCUT2D eigenvalue weighted by Crippen LogP contribution is -2.23. The molecule has 3 heterocycles. The Morgan fingerprint density at radius 3 is 2.51 bits per heavy atom. The van der Waals surface area contributed by atoms with Gasteiger partial charge >= 0.3 is 0 Å². The van der Waals surface area contributed by atoms with Crippen molar-refractivity contribution in [2.75, 3.05) is 11.9 Å². The Labute approximate surface area is 224 Å². The maximum absolute atomic E-state index is 13.4. The number of rotatable bonds is 3. The van der Waals surface area contributed by atoms with Crippen LogP contribution in [0.1, 0.15) is 34.0 Å². The summed E-state index contributed by atoms with van der Waals surface area (Å²) in [6, 6.07) is 24.4. The molecule has 1 aliphatic rings. The second-order valence-electron chi connectivity index (χ2n) is 9.65. The largest absolute Gasteiger partial charge is 0.356 e. The van der Waals surface area contributed by atoms with Crippen molar-refractivity contribution in [3.63, 3.8) is 0 Å². The summed E-state index contributed by atoms with van der Waals surface area (Å²) >= 11 is 0. The number of imidazole rings is 1. The standard InChI is InChI=1S/C30H26N6O3/c1-19(37)31-13-12-20-8-10-27-26(16-20)32-30-33-29(39)24-7-3-5-22(15-24)18-36-28(38)11-9-25(34-36)23-6-2-4-21(14-23)17-35(27)30/h2-11,14-16H,12-13,17-18H2,1H3,(H,31,37)(H,32,33,39). The molecule has 194 valence electrons. The van der Waals surface area contributed by atoms with Gasteiger partial charge in [-0.25, -0.2) is 9.67 Å². The smallest absolute Gasteiger partial charge is 0.267 e. The fourth-order valence-electron chi connectivity index (χ4n) is 4.85. The molecule has 0 spiro atoms. The lowest BCUT2D eigenvalue weighted by molar-refractivity contribution is -0.118. The molecule has 2 N–H and O–H groups in total. The second kappa shape index (κ2) is 10.0. The van der Waals surface area contributed by atoms with Gasteiger partial charge in [-0.1, -0.05) is 36.4 Å². The van der Waals surface area contributed by atoms with E-state index in [1.807, 2.05) is 53.1 Å². The summed E-state index contributed by atoms with van der Waals surface area (Å²) in [4.78, 5) is 42.0. The van der Waals surface area contributed by atoms with Crippen molar-refractivity contribution in [2.24, 2.45) is 0 Å². The van der Waals surface area contributed by atoms with Crippen LogP contribution < -0.4 is 16.2 Å². The molecule has 0 atom stereocenters. The van der Waals surface area contributed by atoms with Crippen LogP contribution in [0.25, 0.3) is 22.3 Å². The third-order valence-electron chi connectivity index (χ3n) is 6.78.